The summed E-state index contributed by atoms with van der Waals surface area (Å²) in [6, 6.07) is 9.16. The molecule has 0 saturated carbocycles. The molecule has 0 atom stereocenters. The number of carboxylic acids is 1. The molecule has 0 radical (unpaired) electrons. The number of nitrogens with zero attached hydrogens (tertiary/aromatic N) is 2. The lowest BCUT2D eigenvalue weighted by atomic mass is 10.2. The minimum Gasteiger partial charge on any atom is -0.481 e. The lowest BCUT2D eigenvalue weighted by molar-refractivity contribution is -0.137. The molecule has 1 aromatic heterocycles. The Labute approximate surface area is 116 Å². The number of carbonyl (C=O) groups is 2. The van der Waals surface area contributed by atoms with E-state index in [1.54, 1.807) is 4.90 Å². The van der Waals surface area contributed by atoms with Gasteiger partial charge in [0.15, 0.2) is 0 Å². The first-order valence-corrected chi connectivity index (χ1v) is 6.25. The first kappa shape index (κ1) is 13.8. The Balaban J connectivity index is 2.16. The average Bonchev–Trinajstić information content (AvgIpc) is 2.98. The zero-order valence-corrected chi connectivity index (χ0v) is 10.8. The van der Waals surface area contributed by atoms with Crippen molar-refractivity contribution >= 4 is 17.6 Å². The van der Waals surface area contributed by atoms with Crippen molar-refractivity contribution in [2.24, 2.45) is 0 Å². The van der Waals surface area contributed by atoms with E-state index in [-0.39, 0.29) is 12.3 Å². The van der Waals surface area contributed by atoms with Crippen molar-refractivity contribution < 1.29 is 14.7 Å². The number of imidazole rings is 1. The van der Waals surface area contributed by atoms with Gasteiger partial charge in [-0.15, -0.1) is 0 Å². The smallest absolute Gasteiger partial charge is 0.303 e. The third-order valence-corrected chi connectivity index (χ3v) is 2.81. The molecule has 2 N–H and O–H groups in total. The number of aromatic amines is 1. The summed E-state index contributed by atoms with van der Waals surface area (Å²) < 4.78 is 0. The molecule has 0 saturated heterocycles. The van der Waals surface area contributed by atoms with Crippen LogP contribution in [-0.4, -0.2) is 33.5 Å². The molecule has 0 aliphatic carbocycles. The maximum absolute atomic E-state index is 12.4. The SMILES string of the molecule is O=C(O)CCCN(C(=O)c1cnc[nH]1)c1ccccc1. The number of benzene rings is 1. The van der Waals surface area contributed by atoms with Crippen LogP contribution < -0.4 is 4.90 Å². The fourth-order valence-electron chi connectivity index (χ4n) is 1.86. The molecule has 6 heteroatoms. The molecule has 104 valence electrons. The normalized spacial score (nSPS) is 10.2. The molecular weight excluding hydrogens is 258 g/mol. The molecule has 1 heterocycles. The highest BCUT2D eigenvalue weighted by Gasteiger charge is 2.18. The molecule has 2 rings (SSSR count). The lowest BCUT2D eigenvalue weighted by Gasteiger charge is -2.21. The topological polar surface area (TPSA) is 86.3 Å². The second-order valence-electron chi connectivity index (χ2n) is 4.25. The van der Waals surface area contributed by atoms with E-state index in [0.717, 1.165) is 5.69 Å². The number of aliphatic carboxylic acids is 1. The molecule has 20 heavy (non-hydrogen) atoms. The Morgan fingerprint density at radius 2 is 2.00 bits per heavy atom. The number of carbonyl (C=O) groups excluding carboxylic acids is 1. The average molecular weight is 273 g/mol. The highest BCUT2D eigenvalue weighted by molar-refractivity contribution is 6.04. The second kappa shape index (κ2) is 6.51. The molecule has 1 aromatic carbocycles. The molecule has 1 amide bonds. The summed E-state index contributed by atoms with van der Waals surface area (Å²) in [6.45, 7) is 0.341. The van der Waals surface area contributed by atoms with Gasteiger partial charge >= 0.3 is 5.97 Å². The number of aromatic nitrogens is 2. The zero-order valence-electron chi connectivity index (χ0n) is 10.8. The number of anilines is 1. The fourth-order valence-corrected chi connectivity index (χ4v) is 1.86. The van der Waals surface area contributed by atoms with Gasteiger partial charge in [-0.2, -0.15) is 0 Å². The van der Waals surface area contributed by atoms with Crippen LogP contribution in [0.5, 0.6) is 0 Å². The zero-order chi connectivity index (χ0) is 14.4. The van der Waals surface area contributed by atoms with Gasteiger partial charge in [-0.05, 0) is 18.6 Å². The Morgan fingerprint density at radius 3 is 2.60 bits per heavy atom. The number of hydrogen-bond donors (Lipinski definition) is 2. The number of rotatable bonds is 6. The van der Waals surface area contributed by atoms with Crippen molar-refractivity contribution in [3.05, 3.63) is 48.5 Å². The fraction of sp³-hybridized carbons (Fsp3) is 0.214. The van der Waals surface area contributed by atoms with E-state index in [9.17, 15) is 9.59 Å². The van der Waals surface area contributed by atoms with Crippen LogP contribution in [0.2, 0.25) is 0 Å². The molecule has 0 fully saturated rings. The summed E-state index contributed by atoms with van der Waals surface area (Å²) in [4.78, 5) is 31.1. The molecule has 2 aromatic rings. The second-order valence-corrected chi connectivity index (χ2v) is 4.25. The van der Waals surface area contributed by atoms with E-state index in [1.165, 1.54) is 12.5 Å². The summed E-state index contributed by atoms with van der Waals surface area (Å²) >= 11 is 0. The molecule has 0 spiro atoms. The van der Waals surface area contributed by atoms with Gasteiger partial charge in [-0.3, -0.25) is 9.59 Å². The number of hydrogen-bond acceptors (Lipinski definition) is 3. The van der Waals surface area contributed by atoms with Crippen molar-refractivity contribution in [3.8, 4) is 0 Å². The van der Waals surface area contributed by atoms with E-state index in [0.29, 0.717) is 18.7 Å². The molecular formula is C14H15N3O3. The van der Waals surface area contributed by atoms with Gasteiger partial charge in [0.2, 0.25) is 0 Å². The Hall–Kier alpha value is -2.63. The van der Waals surface area contributed by atoms with Gasteiger partial charge in [0.25, 0.3) is 5.91 Å². The lowest BCUT2D eigenvalue weighted by Crippen LogP contribution is -2.32. The van der Waals surface area contributed by atoms with E-state index in [2.05, 4.69) is 9.97 Å². The molecule has 0 unspecified atom stereocenters. The maximum Gasteiger partial charge on any atom is 0.303 e. The number of carboxylic acid groups (broad SMARTS) is 1. The highest BCUT2D eigenvalue weighted by Crippen LogP contribution is 2.16. The largest absolute Gasteiger partial charge is 0.481 e. The minimum absolute atomic E-state index is 0.0274. The third kappa shape index (κ3) is 3.44. The van der Waals surface area contributed by atoms with E-state index >= 15 is 0 Å². The van der Waals surface area contributed by atoms with Crippen LogP contribution in [-0.2, 0) is 4.79 Å². The summed E-state index contributed by atoms with van der Waals surface area (Å²) in [7, 11) is 0. The van der Waals surface area contributed by atoms with Crippen molar-refractivity contribution in [2.45, 2.75) is 12.8 Å². The summed E-state index contributed by atoms with van der Waals surface area (Å²) in [5.74, 6) is -1.09. The van der Waals surface area contributed by atoms with Crippen molar-refractivity contribution in [1.82, 2.24) is 9.97 Å². The van der Waals surface area contributed by atoms with Crippen LogP contribution in [0.3, 0.4) is 0 Å². The van der Waals surface area contributed by atoms with Crippen molar-refractivity contribution in [2.75, 3.05) is 11.4 Å². The van der Waals surface area contributed by atoms with E-state index in [4.69, 9.17) is 5.11 Å². The van der Waals surface area contributed by atoms with Crippen LogP contribution in [0, 0.1) is 0 Å². The number of para-hydroxylation sites is 1. The van der Waals surface area contributed by atoms with Crippen LogP contribution in [0.25, 0.3) is 0 Å². The number of H-pyrrole nitrogens is 1. The Morgan fingerprint density at radius 1 is 1.25 bits per heavy atom. The van der Waals surface area contributed by atoms with Gasteiger partial charge in [-0.1, -0.05) is 18.2 Å². The van der Waals surface area contributed by atoms with Gasteiger partial charge in [-0.25, -0.2) is 4.98 Å². The van der Waals surface area contributed by atoms with Crippen LogP contribution >= 0.6 is 0 Å². The summed E-state index contributed by atoms with van der Waals surface area (Å²) in [6.07, 6.45) is 3.31. The highest BCUT2D eigenvalue weighted by atomic mass is 16.4. The van der Waals surface area contributed by atoms with Gasteiger partial charge in [0.05, 0.1) is 12.5 Å². The van der Waals surface area contributed by atoms with Crippen LogP contribution in [0.15, 0.2) is 42.9 Å². The first-order valence-electron chi connectivity index (χ1n) is 6.25. The summed E-state index contributed by atoms with van der Waals surface area (Å²) in [5.41, 5.74) is 1.11. The Kier molecular flexibility index (Phi) is 4.49. The first-order chi connectivity index (χ1) is 9.68. The van der Waals surface area contributed by atoms with E-state index in [1.807, 2.05) is 30.3 Å². The van der Waals surface area contributed by atoms with Gasteiger partial charge in [0.1, 0.15) is 5.69 Å². The standard InChI is InChI=1S/C14H15N3O3/c18-13(19)7-4-8-17(11-5-2-1-3-6-11)14(20)12-9-15-10-16-12/h1-3,5-6,9-10H,4,7-8H2,(H,15,16)(H,18,19). The van der Waals surface area contributed by atoms with Crippen molar-refractivity contribution in [1.29, 1.82) is 0 Å². The van der Waals surface area contributed by atoms with E-state index < -0.39 is 5.97 Å². The molecule has 0 aliphatic rings. The summed E-state index contributed by atoms with van der Waals surface area (Å²) in [5, 5.41) is 8.70. The maximum atomic E-state index is 12.4. The monoisotopic (exact) mass is 273 g/mol. The quantitative estimate of drug-likeness (QED) is 0.841. The molecule has 6 nitrogen and oxygen atoms in total. The van der Waals surface area contributed by atoms with Gasteiger partial charge < -0.3 is 15.0 Å². The van der Waals surface area contributed by atoms with Crippen LogP contribution in [0.1, 0.15) is 23.3 Å². The number of nitrogens with one attached hydrogen (secondary N) is 1. The van der Waals surface area contributed by atoms with Crippen LogP contribution in [0.4, 0.5) is 5.69 Å². The molecule has 0 bridgehead atoms. The minimum atomic E-state index is -0.869. The molecule has 0 aliphatic heterocycles. The Bertz CT molecular complexity index is 567. The van der Waals surface area contributed by atoms with Gasteiger partial charge in [0, 0.05) is 18.7 Å². The third-order valence-electron chi connectivity index (χ3n) is 2.81. The number of amides is 1. The predicted octanol–water partition coefficient (Wildman–Crippen LogP) is 1.92. The predicted molar refractivity (Wildman–Crippen MR) is 73.6 cm³/mol. The van der Waals surface area contributed by atoms with Crippen molar-refractivity contribution in [3.63, 3.8) is 0 Å².